The fraction of sp³-hybridized carbons (Fsp3) is 0.852. The molecule has 0 N–H and O–H groups in total. The minimum absolute atomic E-state index is 0.814. The summed E-state index contributed by atoms with van der Waals surface area (Å²) in [4.78, 5) is 0. The van der Waals surface area contributed by atoms with E-state index in [1.54, 1.807) is 12.8 Å². The zero-order chi connectivity index (χ0) is 18.9. The lowest BCUT2D eigenvalue weighted by Crippen LogP contribution is -2.25. The SMILES string of the molecule is C=C[C@H]1CC[C@H](CC/C=C/C2CCC([C@H]3CC[C@H](CCC)CC3)CC2)CC1. The van der Waals surface area contributed by atoms with Crippen molar-refractivity contribution < 1.29 is 0 Å². The first-order valence-corrected chi connectivity index (χ1v) is 12.6. The van der Waals surface area contributed by atoms with Gasteiger partial charge in [0.25, 0.3) is 0 Å². The molecule has 0 radical (unpaired) electrons. The number of rotatable bonds is 8. The van der Waals surface area contributed by atoms with Crippen molar-refractivity contribution in [3.8, 4) is 0 Å². The summed E-state index contributed by atoms with van der Waals surface area (Å²) in [6.45, 7) is 6.33. The molecule has 0 aliphatic heterocycles. The molecule has 0 unspecified atom stereocenters. The molecule has 0 atom stereocenters. The first-order chi connectivity index (χ1) is 13.3. The quantitative estimate of drug-likeness (QED) is 0.375. The lowest BCUT2D eigenvalue weighted by Gasteiger charge is -2.37. The molecule has 0 heteroatoms. The molecule has 154 valence electrons. The molecule has 3 saturated carbocycles. The Balaban J connectivity index is 1.27. The van der Waals surface area contributed by atoms with E-state index >= 15 is 0 Å². The normalized spacial score (nSPS) is 38.1. The van der Waals surface area contributed by atoms with Crippen molar-refractivity contribution in [2.75, 3.05) is 0 Å². The Morgan fingerprint density at radius 2 is 1.19 bits per heavy atom. The highest BCUT2D eigenvalue weighted by molar-refractivity contribution is 4.93. The second-order valence-electron chi connectivity index (χ2n) is 10.3. The smallest absolute Gasteiger partial charge is 0.0233 e. The van der Waals surface area contributed by atoms with E-state index in [9.17, 15) is 0 Å². The van der Waals surface area contributed by atoms with Crippen molar-refractivity contribution in [3.63, 3.8) is 0 Å². The van der Waals surface area contributed by atoms with E-state index in [-0.39, 0.29) is 0 Å². The largest absolute Gasteiger partial charge is 0.103 e. The van der Waals surface area contributed by atoms with Crippen molar-refractivity contribution in [2.24, 2.45) is 35.5 Å². The first kappa shape index (κ1) is 21.2. The first-order valence-electron chi connectivity index (χ1n) is 12.6. The van der Waals surface area contributed by atoms with Crippen molar-refractivity contribution >= 4 is 0 Å². The summed E-state index contributed by atoms with van der Waals surface area (Å²) in [5.74, 6) is 5.91. The summed E-state index contributed by atoms with van der Waals surface area (Å²) < 4.78 is 0. The van der Waals surface area contributed by atoms with E-state index in [1.807, 2.05) is 0 Å². The molecule has 0 spiro atoms. The van der Waals surface area contributed by atoms with E-state index in [2.05, 4.69) is 31.7 Å². The lowest BCUT2D eigenvalue weighted by atomic mass is 9.68. The molecule has 3 aliphatic rings. The Labute approximate surface area is 170 Å². The Bertz CT molecular complexity index is 423. The van der Waals surface area contributed by atoms with Crippen LogP contribution in [0.4, 0.5) is 0 Å². The number of allylic oxidation sites excluding steroid dienone is 3. The molecule has 3 aliphatic carbocycles. The van der Waals surface area contributed by atoms with Crippen molar-refractivity contribution in [1.82, 2.24) is 0 Å². The van der Waals surface area contributed by atoms with Crippen LogP contribution in [-0.4, -0.2) is 0 Å². The molecular weight excluding hydrogens is 324 g/mol. The van der Waals surface area contributed by atoms with Gasteiger partial charge in [-0.1, -0.05) is 50.8 Å². The van der Waals surface area contributed by atoms with Gasteiger partial charge < -0.3 is 0 Å². The maximum absolute atomic E-state index is 3.97. The third kappa shape index (κ3) is 6.79. The van der Waals surface area contributed by atoms with Crippen LogP contribution in [0, 0.1) is 35.5 Å². The third-order valence-corrected chi connectivity index (χ3v) is 8.45. The van der Waals surface area contributed by atoms with Gasteiger partial charge in [0.1, 0.15) is 0 Å². The van der Waals surface area contributed by atoms with E-state index in [4.69, 9.17) is 0 Å². The van der Waals surface area contributed by atoms with Crippen LogP contribution in [0.3, 0.4) is 0 Å². The van der Waals surface area contributed by atoms with Gasteiger partial charge in [0, 0.05) is 0 Å². The van der Waals surface area contributed by atoms with Crippen LogP contribution in [-0.2, 0) is 0 Å². The predicted octanol–water partition coefficient (Wildman–Crippen LogP) is 8.73. The fourth-order valence-corrected chi connectivity index (χ4v) is 6.50. The minimum Gasteiger partial charge on any atom is -0.103 e. The average molecular weight is 371 g/mol. The standard InChI is InChI=1S/C27H46/c1-3-7-23-14-18-26(19-15-23)27-20-16-25(17-21-27)9-6-5-8-24-12-10-22(4-2)11-13-24/h4,6,9,22-27H,2-3,5,7-8,10-21H2,1H3/b9-6+/t22-,23-,24-,25?,26-,27?. The van der Waals surface area contributed by atoms with Gasteiger partial charge >= 0.3 is 0 Å². The maximum atomic E-state index is 3.97. The molecule has 0 amide bonds. The highest BCUT2D eigenvalue weighted by Gasteiger charge is 2.30. The van der Waals surface area contributed by atoms with E-state index < -0.39 is 0 Å². The average Bonchev–Trinajstić information content (AvgIpc) is 2.73. The van der Waals surface area contributed by atoms with Crippen LogP contribution < -0.4 is 0 Å². The summed E-state index contributed by atoms with van der Waals surface area (Å²) in [5, 5.41) is 0. The molecule has 0 nitrogen and oxygen atoms in total. The second-order valence-corrected chi connectivity index (χ2v) is 10.3. The highest BCUT2D eigenvalue weighted by Crippen LogP contribution is 2.42. The fourth-order valence-electron chi connectivity index (χ4n) is 6.50. The minimum atomic E-state index is 0.814. The van der Waals surface area contributed by atoms with E-state index in [0.29, 0.717) is 0 Å². The Morgan fingerprint density at radius 1 is 0.667 bits per heavy atom. The van der Waals surface area contributed by atoms with Gasteiger partial charge in [-0.2, -0.15) is 0 Å². The van der Waals surface area contributed by atoms with Crippen LogP contribution in [0.5, 0.6) is 0 Å². The molecular formula is C27H46. The van der Waals surface area contributed by atoms with Gasteiger partial charge in [0.15, 0.2) is 0 Å². The summed E-state index contributed by atoms with van der Waals surface area (Å²) >= 11 is 0. The Hall–Kier alpha value is -0.520. The van der Waals surface area contributed by atoms with Crippen molar-refractivity contribution in [1.29, 1.82) is 0 Å². The molecule has 3 rings (SSSR count). The predicted molar refractivity (Wildman–Crippen MR) is 120 cm³/mol. The zero-order valence-electron chi connectivity index (χ0n) is 18.2. The van der Waals surface area contributed by atoms with Gasteiger partial charge in [0.05, 0.1) is 0 Å². The van der Waals surface area contributed by atoms with Gasteiger partial charge in [0.2, 0.25) is 0 Å². The number of hydrogen-bond acceptors (Lipinski definition) is 0. The van der Waals surface area contributed by atoms with Crippen LogP contribution >= 0.6 is 0 Å². The van der Waals surface area contributed by atoms with Gasteiger partial charge in [-0.3, -0.25) is 0 Å². The molecule has 27 heavy (non-hydrogen) atoms. The Morgan fingerprint density at radius 3 is 1.78 bits per heavy atom. The molecule has 0 aromatic carbocycles. The van der Waals surface area contributed by atoms with E-state index in [0.717, 1.165) is 35.5 Å². The van der Waals surface area contributed by atoms with Gasteiger partial charge in [-0.05, 0) is 113 Å². The van der Waals surface area contributed by atoms with Crippen molar-refractivity contribution in [2.45, 2.75) is 110 Å². The molecule has 0 aromatic heterocycles. The Kier molecular flexibility index (Phi) is 9.01. The van der Waals surface area contributed by atoms with Gasteiger partial charge in [-0.15, -0.1) is 6.58 Å². The topological polar surface area (TPSA) is 0 Å². The molecule has 0 heterocycles. The summed E-state index contributed by atoms with van der Waals surface area (Å²) in [6.07, 6.45) is 30.8. The lowest BCUT2D eigenvalue weighted by molar-refractivity contribution is 0.152. The molecule has 0 aromatic rings. The van der Waals surface area contributed by atoms with Crippen LogP contribution in [0.25, 0.3) is 0 Å². The second kappa shape index (κ2) is 11.5. The monoisotopic (exact) mass is 370 g/mol. The summed E-state index contributed by atoms with van der Waals surface area (Å²) in [7, 11) is 0. The molecule has 3 fully saturated rings. The third-order valence-electron chi connectivity index (χ3n) is 8.45. The van der Waals surface area contributed by atoms with E-state index in [1.165, 1.54) is 89.9 Å². The van der Waals surface area contributed by atoms with Crippen LogP contribution in [0.1, 0.15) is 110 Å². The van der Waals surface area contributed by atoms with Crippen molar-refractivity contribution in [3.05, 3.63) is 24.8 Å². The van der Waals surface area contributed by atoms with Crippen LogP contribution in [0.2, 0.25) is 0 Å². The highest BCUT2D eigenvalue weighted by atomic mass is 14.4. The van der Waals surface area contributed by atoms with Gasteiger partial charge in [-0.25, -0.2) is 0 Å². The maximum Gasteiger partial charge on any atom is -0.0233 e. The summed E-state index contributed by atoms with van der Waals surface area (Å²) in [5.41, 5.74) is 0. The number of hydrogen-bond donors (Lipinski definition) is 0. The summed E-state index contributed by atoms with van der Waals surface area (Å²) in [6, 6.07) is 0. The molecule has 0 saturated heterocycles. The van der Waals surface area contributed by atoms with Crippen LogP contribution in [0.15, 0.2) is 24.8 Å². The zero-order valence-corrected chi connectivity index (χ0v) is 18.2. The molecule has 0 bridgehead atoms.